The fourth-order valence-corrected chi connectivity index (χ4v) is 2.95. The maximum Gasteiger partial charge on any atom is 0.223 e. The zero-order chi connectivity index (χ0) is 10.7. The van der Waals surface area contributed by atoms with Crippen molar-refractivity contribution in [1.82, 2.24) is 10.2 Å². The molecule has 1 aliphatic heterocycles. The van der Waals surface area contributed by atoms with Crippen LogP contribution in [0.4, 0.5) is 0 Å². The Morgan fingerprint density at radius 1 is 1.27 bits per heavy atom. The Hall–Kier alpha value is -0.570. The molecule has 15 heavy (non-hydrogen) atoms. The highest BCUT2D eigenvalue weighted by molar-refractivity contribution is 5.76. The highest BCUT2D eigenvalue weighted by Crippen LogP contribution is 2.29. The van der Waals surface area contributed by atoms with Crippen molar-refractivity contribution in [2.45, 2.75) is 44.6 Å². The van der Waals surface area contributed by atoms with Crippen LogP contribution in [0.3, 0.4) is 0 Å². The maximum atomic E-state index is 11.8. The lowest BCUT2D eigenvalue weighted by Crippen LogP contribution is -2.45. The van der Waals surface area contributed by atoms with Gasteiger partial charge < -0.3 is 10.2 Å². The fraction of sp³-hybridized carbons (Fsp3) is 0.917. The van der Waals surface area contributed by atoms with Crippen LogP contribution in [0, 0.1) is 5.92 Å². The highest BCUT2D eigenvalue weighted by atomic mass is 16.2. The SMILES string of the molecule is CN1C(=O)CCNCC1C1CCCCC1. The van der Waals surface area contributed by atoms with Gasteiger partial charge in [-0.1, -0.05) is 19.3 Å². The van der Waals surface area contributed by atoms with Gasteiger partial charge in [0.15, 0.2) is 0 Å². The molecule has 3 heteroatoms. The molecule has 86 valence electrons. The molecule has 1 heterocycles. The number of nitrogens with zero attached hydrogens (tertiary/aromatic N) is 1. The van der Waals surface area contributed by atoms with Crippen LogP contribution in [0.1, 0.15) is 38.5 Å². The molecule has 2 rings (SSSR count). The summed E-state index contributed by atoms with van der Waals surface area (Å²) in [6.45, 7) is 1.85. The molecule has 0 radical (unpaired) electrons. The molecule has 3 nitrogen and oxygen atoms in total. The first-order valence-corrected chi connectivity index (χ1v) is 6.25. The van der Waals surface area contributed by atoms with Gasteiger partial charge in [-0.3, -0.25) is 4.79 Å². The highest BCUT2D eigenvalue weighted by Gasteiger charge is 2.30. The minimum absolute atomic E-state index is 0.315. The number of carbonyl (C=O) groups excluding carboxylic acids is 1. The van der Waals surface area contributed by atoms with Crippen LogP contribution in [0.5, 0.6) is 0 Å². The molecule has 1 amide bonds. The van der Waals surface area contributed by atoms with Crippen molar-refractivity contribution in [2.24, 2.45) is 5.92 Å². The lowest BCUT2D eigenvalue weighted by molar-refractivity contribution is -0.132. The van der Waals surface area contributed by atoms with Gasteiger partial charge in [-0.05, 0) is 18.8 Å². The molecular weight excluding hydrogens is 188 g/mol. The number of nitrogens with one attached hydrogen (secondary N) is 1. The van der Waals surface area contributed by atoms with Gasteiger partial charge in [0.05, 0.1) is 0 Å². The first-order chi connectivity index (χ1) is 7.29. The van der Waals surface area contributed by atoms with Crippen LogP contribution >= 0.6 is 0 Å². The van der Waals surface area contributed by atoms with E-state index >= 15 is 0 Å². The summed E-state index contributed by atoms with van der Waals surface area (Å²) in [4.78, 5) is 13.7. The van der Waals surface area contributed by atoms with E-state index in [2.05, 4.69) is 5.32 Å². The number of hydrogen-bond acceptors (Lipinski definition) is 2. The maximum absolute atomic E-state index is 11.8. The number of likely N-dealkylation sites (N-methyl/N-ethyl adjacent to an activating group) is 1. The van der Waals surface area contributed by atoms with Gasteiger partial charge in [-0.2, -0.15) is 0 Å². The van der Waals surface area contributed by atoms with Crippen LogP contribution < -0.4 is 5.32 Å². The Kier molecular flexibility index (Phi) is 3.62. The topological polar surface area (TPSA) is 32.3 Å². The summed E-state index contributed by atoms with van der Waals surface area (Å²) in [6, 6.07) is 0.445. The van der Waals surface area contributed by atoms with Gasteiger partial charge in [0.2, 0.25) is 5.91 Å². The van der Waals surface area contributed by atoms with Gasteiger partial charge in [-0.25, -0.2) is 0 Å². The van der Waals surface area contributed by atoms with Crippen LogP contribution in [-0.4, -0.2) is 37.0 Å². The number of amides is 1. The minimum Gasteiger partial charge on any atom is -0.341 e. The summed E-state index contributed by atoms with van der Waals surface area (Å²) in [7, 11) is 1.98. The summed E-state index contributed by atoms with van der Waals surface area (Å²) in [6.07, 6.45) is 7.37. The average molecular weight is 210 g/mol. The zero-order valence-corrected chi connectivity index (χ0v) is 9.67. The van der Waals surface area contributed by atoms with Crippen LogP contribution in [0.15, 0.2) is 0 Å². The predicted molar refractivity (Wildman–Crippen MR) is 60.6 cm³/mol. The van der Waals surface area contributed by atoms with E-state index in [1.165, 1.54) is 32.1 Å². The van der Waals surface area contributed by atoms with E-state index in [1.807, 2.05) is 11.9 Å². The lowest BCUT2D eigenvalue weighted by Gasteiger charge is -2.35. The van der Waals surface area contributed by atoms with E-state index in [0.29, 0.717) is 18.4 Å². The molecule has 1 atom stereocenters. The van der Waals surface area contributed by atoms with Crippen molar-refractivity contribution in [3.8, 4) is 0 Å². The number of rotatable bonds is 1. The first kappa shape index (κ1) is 10.9. The molecule has 2 fully saturated rings. The van der Waals surface area contributed by atoms with Crippen molar-refractivity contribution >= 4 is 5.91 Å². The summed E-state index contributed by atoms with van der Waals surface area (Å²) >= 11 is 0. The molecule has 0 bridgehead atoms. The largest absolute Gasteiger partial charge is 0.341 e. The van der Waals surface area contributed by atoms with Crippen molar-refractivity contribution in [3.63, 3.8) is 0 Å². The van der Waals surface area contributed by atoms with Crippen molar-refractivity contribution in [2.75, 3.05) is 20.1 Å². The van der Waals surface area contributed by atoms with Gasteiger partial charge in [0, 0.05) is 32.6 Å². The average Bonchev–Trinajstić information content (AvgIpc) is 2.44. The monoisotopic (exact) mass is 210 g/mol. The van der Waals surface area contributed by atoms with E-state index in [9.17, 15) is 4.79 Å². The zero-order valence-electron chi connectivity index (χ0n) is 9.67. The lowest BCUT2D eigenvalue weighted by atomic mass is 9.83. The van der Waals surface area contributed by atoms with Crippen LogP contribution in [-0.2, 0) is 4.79 Å². The van der Waals surface area contributed by atoms with E-state index in [1.54, 1.807) is 0 Å². The number of hydrogen-bond donors (Lipinski definition) is 1. The molecule has 1 saturated carbocycles. The second-order valence-corrected chi connectivity index (χ2v) is 4.92. The molecule has 2 aliphatic rings. The second-order valence-electron chi connectivity index (χ2n) is 4.92. The Labute approximate surface area is 92.2 Å². The Morgan fingerprint density at radius 2 is 2.00 bits per heavy atom. The summed E-state index contributed by atoms with van der Waals surface area (Å²) in [5.41, 5.74) is 0. The van der Waals surface area contributed by atoms with Gasteiger partial charge >= 0.3 is 0 Å². The predicted octanol–water partition coefficient (Wildman–Crippen LogP) is 1.39. The van der Waals surface area contributed by atoms with Gasteiger partial charge in [0.1, 0.15) is 0 Å². The molecule has 0 aromatic rings. The quantitative estimate of drug-likeness (QED) is 0.709. The van der Waals surface area contributed by atoms with Crippen molar-refractivity contribution in [3.05, 3.63) is 0 Å². The smallest absolute Gasteiger partial charge is 0.223 e. The van der Waals surface area contributed by atoms with Crippen LogP contribution in [0.25, 0.3) is 0 Å². The standard InChI is InChI=1S/C12H22N2O/c1-14-11(9-13-8-7-12(14)15)10-5-3-2-4-6-10/h10-11,13H,2-9H2,1H3. The van der Waals surface area contributed by atoms with E-state index in [0.717, 1.165) is 19.0 Å². The Bertz CT molecular complexity index is 224. The third-order valence-electron chi connectivity index (χ3n) is 3.95. The van der Waals surface area contributed by atoms with Crippen LogP contribution in [0.2, 0.25) is 0 Å². The third kappa shape index (κ3) is 2.51. The summed E-state index contributed by atoms with van der Waals surface area (Å²) in [5, 5.41) is 3.39. The number of carbonyl (C=O) groups is 1. The fourth-order valence-electron chi connectivity index (χ4n) is 2.95. The normalized spacial score (nSPS) is 30.3. The molecule has 0 aromatic carbocycles. The second kappa shape index (κ2) is 4.97. The minimum atomic E-state index is 0.315. The van der Waals surface area contributed by atoms with E-state index in [4.69, 9.17) is 0 Å². The van der Waals surface area contributed by atoms with Gasteiger partial charge in [0.25, 0.3) is 0 Å². The Balaban J connectivity index is 2.00. The molecule has 1 saturated heterocycles. The molecule has 1 N–H and O–H groups in total. The summed E-state index contributed by atoms with van der Waals surface area (Å²) < 4.78 is 0. The Morgan fingerprint density at radius 3 is 2.73 bits per heavy atom. The van der Waals surface area contributed by atoms with Gasteiger partial charge in [-0.15, -0.1) is 0 Å². The molecule has 0 spiro atoms. The first-order valence-electron chi connectivity index (χ1n) is 6.25. The van der Waals surface area contributed by atoms with E-state index < -0.39 is 0 Å². The molecule has 1 unspecified atom stereocenters. The molecule has 1 aliphatic carbocycles. The summed E-state index contributed by atoms with van der Waals surface area (Å²) in [5.74, 6) is 1.05. The third-order valence-corrected chi connectivity index (χ3v) is 3.95. The van der Waals surface area contributed by atoms with Crippen molar-refractivity contribution in [1.29, 1.82) is 0 Å². The molecule has 0 aromatic heterocycles. The van der Waals surface area contributed by atoms with Crippen molar-refractivity contribution < 1.29 is 4.79 Å². The molecular formula is C12H22N2O. The van der Waals surface area contributed by atoms with E-state index in [-0.39, 0.29) is 0 Å².